The number of nitrogens with zero attached hydrogens (tertiary/aromatic N) is 2. The fourth-order valence-electron chi connectivity index (χ4n) is 3.00. The Bertz CT molecular complexity index is 642. The second-order valence-electron chi connectivity index (χ2n) is 5.83. The monoisotopic (exact) mass is 330 g/mol. The summed E-state index contributed by atoms with van der Waals surface area (Å²) in [4.78, 5) is 19.0. The predicted molar refractivity (Wildman–Crippen MR) is 91.7 cm³/mol. The van der Waals surface area contributed by atoms with Crippen molar-refractivity contribution in [1.82, 2.24) is 9.88 Å². The summed E-state index contributed by atoms with van der Waals surface area (Å²) in [5, 5.41) is 3.03. The van der Waals surface area contributed by atoms with E-state index in [0.29, 0.717) is 13.0 Å². The Balaban J connectivity index is 1.57. The minimum atomic E-state index is 0.148. The summed E-state index contributed by atoms with van der Waals surface area (Å²) in [5.74, 6) is 1.02. The van der Waals surface area contributed by atoms with Gasteiger partial charge in [0.15, 0.2) is 0 Å². The number of thiazole rings is 1. The van der Waals surface area contributed by atoms with Crippen molar-refractivity contribution in [2.45, 2.75) is 38.6 Å². The summed E-state index contributed by atoms with van der Waals surface area (Å²) < 4.78 is 5.76. The first-order valence-electron chi connectivity index (χ1n) is 8.13. The molecule has 4 nitrogen and oxygen atoms in total. The van der Waals surface area contributed by atoms with E-state index in [0.717, 1.165) is 42.1 Å². The van der Waals surface area contributed by atoms with Gasteiger partial charge >= 0.3 is 0 Å². The number of hydrogen-bond acceptors (Lipinski definition) is 4. The summed E-state index contributed by atoms with van der Waals surface area (Å²) in [7, 11) is 0. The van der Waals surface area contributed by atoms with Crippen LogP contribution in [-0.2, 0) is 4.79 Å². The van der Waals surface area contributed by atoms with E-state index in [9.17, 15) is 4.79 Å². The van der Waals surface area contributed by atoms with Gasteiger partial charge in [0.2, 0.25) is 5.91 Å². The molecule has 1 aromatic carbocycles. The number of carbonyl (C=O) groups is 1. The maximum absolute atomic E-state index is 12.6. The molecule has 1 fully saturated rings. The first-order valence-corrected chi connectivity index (χ1v) is 9.01. The number of aromatic nitrogens is 1. The molecule has 1 unspecified atom stereocenters. The fourth-order valence-corrected chi connectivity index (χ4v) is 3.78. The van der Waals surface area contributed by atoms with Crippen LogP contribution in [0, 0.1) is 6.92 Å². The molecule has 0 radical (unpaired) electrons. The van der Waals surface area contributed by atoms with Crippen LogP contribution < -0.4 is 4.74 Å². The highest BCUT2D eigenvalue weighted by atomic mass is 32.1. The molecule has 0 aliphatic carbocycles. The van der Waals surface area contributed by atoms with Gasteiger partial charge in [0.05, 0.1) is 19.1 Å². The van der Waals surface area contributed by atoms with Crippen molar-refractivity contribution in [2.24, 2.45) is 0 Å². The van der Waals surface area contributed by atoms with Crippen LogP contribution in [-0.4, -0.2) is 28.9 Å². The lowest BCUT2D eigenvalue weighted by Gasteiger charge is -2.34. The van der Waals surface area contributed by atoms with Gasteiger partial charge in [-0.05, 0) is 37.8 Å². The quantitative estimate of drug-likeness (QED) is 0.833. The van der Waals surface area contributed by atoms with E-state index in [1.807, 2.05) is 47.7 Å². The second kappa shape index (κ2) is 7.59. The largest absolute Gasteiger partial charge is 0.493 e. The van der Waals surface area contributed by atoms with E-state index in [2.05, 4.69) is 4.98 Å². The van der Waals surface area contributed by atoms with Crippen LogP contribution in [0.1, 0.15) is 42.3 Å². The Morgan fingerprint density at radius 3 is 3.04 bits per heavy atom. The third kappa shape index (κ3) is 3.91. The van der Waals surface area contributed by atoms with E-state index in [-0.39, 0.29) is 11.9 Å². The molecule has 1 atom stereocenters. The van der Waals surface area contributed by atoms with Crippen molar-refractivity contribution in [1.29, 1.82) is 0 Å². The molecule has 0 saturated carbocycles. The summed E-state index contributed by atoms with van der Waals surface area (Å²) in [6.45, 7) is 3.26. The number of para-hydroxylation sites is 1. The van der Waals surface area contributed by atoms with E-state index in [4.69, 9.17) is 4.74 Å². The summed E-state index contributed by atoms with van der Waals surface area (Å²) in [6, 6.07) is 8.04. The number of carbonyl (C=O) groups excluding carboxylic acids is 1. The first kappa shape index (κ1) is 16.0. The van der Waals surface area contributed by atoms with E-state index >= 15 is 0 Å². The van der Waals surface area contributed by atoms with Crippen LogP contribution in [0.2, 0.25) is 0 Å². The number of hydrogen-bond donors (Lipinski definition) is 0. The SMILES string of the molecule is Cc1ccccc1OCCC(=O)N1CCCCC1c1nccs1. The second-order valence-corrected chi connectivity index (χ2v) is 6.76. The zero-order valence-electron chi connectivity index (χ0n) is 13.4. The van der Waals surface area contributed by atoms with Crippen molar-refractivity contribution in [3.8, 4) is 5.75 Å². The van der Waals surface area contributed by atoms with E-state index in [1.54, 1.807) is 11.3 Å². The van der Waals surface area contributed by atoms with Crippen LogP contribution in [0.15, 0.2) is 35.8 Å². The van der Waals surface area contributed by atoms with Crippen LogP contribution in [0.5, 0.6) is 5.75 Å². The summed E-state index contributed by atoms with van der Waals surface area (Å²) in [5.41, 5.74) is 1.10. The molecular weight excluding hydrogens is 308 g/mol. The number of benzene rings is 1. The molecule has 1 aromatic heterocycles. The maximum atomic E-state index is 12.6. The van der Waals surface area contributed by atoms with Gasteiger partial charge in [0.1, 0.15) is 10.8 Å². The number of amides is 1. The zero-order valence-corrected chi connectivity index (χ0v) is 14.2. The Morgan fingerprint density at radius 1 is 1.39 bits per heavy atom. The molecule has 1 amide bonds. The number of piperidine rings is 1. The van der Waals surface area contributed by atoms with Crippen LogP contribution in [0.4, 0.5) is 0 Å². The molecule has 0 bridgehead atoms. The van der Waals surface area contributed by atoms with Crippen molar-refractivity contribution in [2.75, 3.05) is 13.2 Å². The Morgan fingerprint density at radius 2 is 2.26 bits per heavy atom. The third-order valence-electron chi connectivity index (χ3n) is 4.23. The van der Waals surface area contributed by atoms with Crippen molar-refractivity contribution < 1.29 is 9.53 Å². The van der Waals surface area contributed by atoms with Crippen molar-refractivity contribution >= 4 is 17.2 Å². The van der Waals surface area contributed by atoms with Crippen LogP contribution >= 0.6 is 11.3 Å². The molecule has 1 aliphatic rings. The zero-order chi connectivity index (χ0) is 16.1. The van der Waals surface area contributed by atoms with Crippen LogP contribution in [0.25, 0.3) is 0 Å². The first-order chi connectivity index (χ1) is 11.3. The average Bonchev–Trinajstić information content (AvgIpc) is 3.11. The molecule has 5 heteroatoms. The number of ether oxygens (including phenoxy) is 1. The summed E-state index contributed by atoms with van der Waals surface area (Å²) >= 11 is 1.64. The molecule has 1 saturated heterocycles. The highest BCUT2D eigenvalue weighted by Crippen LogP contribution is 2.32. The van der Waals surface area contributed by atoms with E-state index in [1.165, 1.54) is 0 Å². The smallest absolute Gasteiger partial charge is 0.226 e. The highest BCUT2D eigenvalue weighted by Gasteiger charge is 2.29. The topological polar surface area (TPSA) is 42.4 Å². The Labute approximate surface area is 141 Å². The Kier molecular flexibility index (Phi) is 5.28. The fraction of sp³-hybridized carbons (Fsp3) is 0.444. The minimum absolute atomic E-state index is 0.148. The number of likely N-dealkylation sites (tertiary alicyclic amines) is 1. The van der Waals surface area contributed by atoms with Crippen LogP contribution in [0.3, 0.4) is 0 Å². The van der Waals surface area contributed by atoms with Gasteiger partial charge in [-0.3, -0.25) is 4.79 Å². The lowest BCUT2D eigenvalue weighted by Crippen LogP contribution is -2.39. The van der Waals surface area contributed by atoms with Gasteiger partial charge in [-0.1, -0.05) is 18.2 Å². The van der Waals surface area contributed by atoms with Crippen molar-refractivity contribution in [3.05, 3.63) is 46.4 Å². The Hall–Kier alpha value is -1.88. The molecule has 23 heavy (non-hydrogen) atoms. The number of aryl methyl sites for hydroxylation is 1. The molecule has 0 N–H and O–H groups in total. The molecule has 2 heterocycles. The molecule has 1 aliphatic heterocycles. The average molecular weight is 330 g/mol. The van der Waals surface area contributed by atoms with Gasteiger partial charge in [-0.2, -0.15) is 0 Å². The lowest BCUT2D eigenvalue weighted by atomic mass is 10.0. The molecular formula is C18H22N2O2S. The molecule has 2 aromatic rings. The summed E-state index contributed by atoms with van der Waals surface area (Å²) in [6.07, 6.45) is 5.48. The van der Waals surface area contributed by atoms with Gasteiger partial charge in [-0.25, -0.2) is 4.98 Å². The predicted octanol–water partition coefficient (Wildman–Crippen LogP) is 3.97. The van der Waals surface area contributed by atoms with Gasteiger partial charge in [0, 0.05) is 18.1 Å². The van der Waals surface area contributed by atoms with Crippen molar-refractivity contribution in [3.63, 3.8) is 0 Å². The molecule has 3 rings (SSSR count). The van der Waals surface area contributed by atoms with Gasteiger partial charge in [0.25, 0.3) is 0 Å². The standard InChI is InChI=1S/C18H22N2O2S/c1-14-6-2-3-8-16(14)22-12-9-17(21)20-11-5-4-7-15(20)18-19-10-13-23-18/h2-3,6,8,10,13,15H,4-5,7,9,11-12H2,1H3. The van der Waals surface area contributed by atoms with Gasteiger partial charge in [-0.15, -0.1) is 11.3 Å². The third-order valence-corrected chi connectivity index (χ3v) is 5.10. The molecule has 0 spiro atoms. The normalized spacial score (nSPS) is 18.0. The maximum Gasteiger partial charge on any atom is 0.226 e. The highest BCUT2D eigenvalue weighted by molar-refractivity contribution is 7.09. The minimum Gasteiger partial charge on any atom is -0.493 e. The van der Waals surface area contributed by atoms with Gasteiger partial charge < -0.3 is 9.64 Å². The molecule has 122 valence electrons. The lowest BCUT2D eigenvalue weighted by molar-refractivity contribution is -0.135. The van der Waals surface area contributed by atoms with E-state index < -0.39 is 0 Å². The number of rotatable bonds is 5.